The molecular weight excluding hydrogens is 416 g/mol. The first-order chi connectivity index (χ1) is 16.2. The summed E-state index contributed by atoms with van der Waals surface area (Å²) in [5, 5.41) is 0. The minimum atomic E-state index is 0.174. The maximum absolute atomic E-state index is 6.39. The zero-order chi connectivity index (χ0) is 22.6. The molecule has 1 aromatic carbocycles. The quantitative estimate of drug-likeness (QED) is 0.373. The van der Waals surface area contributed by atoms with Crippen LogP contribution in [0.1, 0.15) is 19.3 Å². The predicted molar refractivity (Wildman–Crippen MR) is 129 cm³/mol. The van der Waals surface area contributed by atoms with Crippen molar-refractivity contribution in [1.82, 2.24) is 19.3 Å². The van der Waals surface area contributed by atoms with Crippen molar-refractivity contribution in [1.29, 1.82) is 0 Å². The second kappa shape index (κ2) is 9.77. The highest BCUT2D eigenvalue weighted by Gasteiger charge is 2.18. The fourth-order valence-electron chi connectivity index (χ4n) is 4.16. The molecule has 7 nitrogen and oxygen atoms in total. The van der Waals surface area contributed by atoms with E-state index in [1.54, 1.807) is 0 Å². The summed E-state index contributed by atoms with van der Waals surface area (Å²) in [6.45, 7) is 3.16. The molecule has 0 aliphatic carbocycles. The number of rotatable bonds is 8. The van der Waals surface area contributed by atoms with Crippen LogP contribution in [-0.4, -0.2) is 65.8 Å². The van der Waals surface area contributed by atoms with Gasteiger partial charge in [0.05, 0.1) is 25.3 Å². The first-order valence-corrected chi connectivity index (χ1v) is 11.6. The molecule has 1 aliphatic heterocycles. The Morgan fingerprint density at radius 2 is 1.91 bits per heavy atom. The molecule has 33 heavy (non-hydrogen) atoms. The Hall–Kier alpha value is -3.16. The van der Waals surface area contributed by atoms with E-state index in [0.717, 1.165) is 72.6 Å². The van der Waals surface area contributed by atoms with Crippen molar-refractivity contribution in [2.45, 2.75) is 25.4 Å². The van der Waals surface area contributed by atoms with Gasteiger partial charge in [-0.15, -0.1) is 0 Å². The Labute approximate surface area is 193 Å². The molecule has 0 saturated carbocycles. The number of aromatic nitrogens is 3. The van der Waals surface area contributed by atoms with Crippen LogP contribution in [0, 0.1) is 0 Å². The smallest absolute Gasteiger partial charge is 0.213 e. The number of hydrogen-bond donors (Lipinski definition) is 0. The summed E-state index contributed by atoms with van der Waals surface area (Å²) < 4.78 is 19.7. The topological polar surface area (TPSA) is 61.1 Å². The molecule has 1 saturated heterocycles. The third-order valence-corrected chi connectivity index (χ3v) is 5.91. The predicted octanol–water partition coefficient (Wildman–Crippen LogP) is 4.44. The lowest BCUT2D eigenvalue weighted by Crippen LogP contribution is -2.26. The standard InChI is InChI=1S/C26H30N4O3/c1-29(2)13-4-14-32-25-10-8-19(17-27-25)20-7-9-24-28-22-5-3-6-23(26(22)30(24)18-20)33-21-11-15-31-16-12-21/h3,5-10,17-18,21H,4,11-16H2,1-2H3. The molecule has 1 aliphatic rings. The van der Waals surface area contributed by atoms with Crippen LogP contribution in [0.15, 0.2) is 54.9 Å². The fourth-order valence-corrected chi connectivity index (χ4v) is 4.16. The van der Waals surface area contributed by atoms with Crippen molar-refractivity contribution >= 4 is 16.7 Å². The first-order valence-electron chi connectivity index (χ1n) is 11.6. The zero-order valence-corrected chi connectivity index (χ0v) is 19.2. The Balaban J connectivity index is 1.40. The van der Waals surface area contributed by atoms with Gasteiger partial charge in [0.15, 0.2) is 0 Å². The molecule has 0 amide bonds. The van der Waals surface area contributed by atoms with Gasteiger partial charge >= 0.3 is 0 Å². The highest BCUT2D eigenvalue weighted by atomic mass is 16.5. The van der Waals surface area contributed by atoms with Gasteiger partial charge in [0.1, 0.15) is 23.0 Å². The van der Waals surface area contributed by atoms with Crippen LogP contribution in [-0.2, 0) is 4.74 Å². The van der Waals surface area contributed by atoms with E-state index < -0.39 is 0 Å². The molecule has 5 rings (SSSR count). The monoisotopic (exact) mass is 446 g/mol. The van der Waals surface area contributed by atoms with E-state index in [1.807, 2.05) is 42.6 Å². The minimum Gasteiger partial charge on any atom is -0.488 e. The second-order valence-corrected chi connectivity index (χ2v) is 8.70. The number of hydrogen-bond acceptors (Lipinski definition) is 6. The normalized spacial score (nSPS) is 14.9. The van der Waals surface area contributed by atoms with Gasteiger partial charge in [-0.3, -0.25) is 4.40 Å². The highest BCUT2D eigenvalue weighted by Crippen LogP contribution is 2.31. The molecule has 172 valence electrons. The molecule has 1 fully saturated rings. The molecule has 0 spiro atoms. The van der Waals surface area contributed by atoms with Crippen molar-refractivity contribution in [3.63, 3.8) is 0 Å². The van der Waals surface area contributed by atoms with Crippen LogP contribution in [0.3, 0.4) is 0 Å². The lowest BCUT2D eigenvalue weighted by atomic mass is 10.1. The number of pyridine rings is 2. The third-order valence-electron chi connectivity index (χ3n) is 5.91. The van der Waals surface area contributed by atoms with Crippen LogP contribution >= 0.6 is 0 Å². The number of ether oxygens (including phenoxy) is 3. The molecule has 4 aromatic rings. The van der Waals surface area contributed by atoms with E-state index in [-0.39, 0.29) is 6.10 Å². The van der Waals surface area contributed by atoms with E-state index in [1.165, 1.54) is 0 Å². The lowest BCUT2D eigenvalue weighted by molar-refractivity contribution is 0.0261. The summed E-state index contributed by atoms with van der Waals surface area (Å²) in [6.07, 6.45) is 6.94. The number of para-hydroxylation sites is 1. The van der Waals surface area contributed by atoms with Crippen molar-refractivity contribution in [2.24, 2.45) is 0 Å². The summed E-state index contributed by atoms with van der Waals surface area (Å²) >= 11 is 0. The van der Waals surface area contributed by atoms with E-state index in [2.05, 4.69) is 40.6 Å². The Bertz CT molecular complexity index is 1210. The Kier molecular flexibility index (Phi) is 6.41. The highest BCUT2D eigenvalue weighted by molar-refractivity contribution is 5.87. The van der Waals surface area contributed by atoms with Gasteiger partial charge in [-0.05, 0) is 50.8 Å². The Morgan fingerprint density at radius 1 is 1.06 bits per heavy atom. The maximum Gasteiger partial charge on any atom is 0.213 e. The van der Waals surface area contributed by atoms with Gasteiger partial charge in [-0.25, -0.2) is 9.97 Å². The van der Waals surface area contributed by atoms with Crippen molar-refractivity contribution < 1.29 is 14.2 Å². The van der Waals surface area contributed by atoms with Crippen LogP contribution in [0.2, 0.25) is 0 Å². The maximum atomic E-state index is 6.39. The van der Waals surface area contributed by atoms with Crippen molar-refractivity contribution in [3.05, 3.63) is 54.9 Å². The number of imidazole rings is 1. The van der Waals surface area contributed by atoms with E-state index >= 15 is 0 Å². The molecule has 0 unspecified atom stereocenters. The zero-order valence-electron chi connectivity index (χ0n) is 19.2. The molecule has 0 bridgehead atoms. The number of benzene rings is 1. The first kappa shape index (κ1) is 21.7. The van der Waals surface area contributed by atoms with Crippen molar-refractivity contribution in [2.75, 3.05) is 40.5 Å². The van der Waals surface area contributed by atoms with Crippen molar-refractivity contribution in [3.8, 4) is 22.8 Å². The van der Waals surface area contributed by atoms with Crippen LogP contribution in [0.4, 0.5) is 0 Å². The molecule has 0 atom stereocenters. The minimum absolute atomic E-state index is 0.174. The van der Waals surface area contributed by atoms with Gasteiger partial charge in [0.25, 0.3) is 0 Å². The van der Waals surface area contributed by atoms with Crippen LogP contribution in [0.25, 0.3) is 27.8 Å². The van der Waals surface area contributed by atoms with Gasteiger partial charge in [0, 0.05) is 49.0 Å². The molecule has 7 heteroatoms. The number of nitrogens with zero attached hydrogens (tertiary/aromatic N) is 4. The largest absolute Gasteiger partial charge is 0.488 e. The van der Waals surface area contributed by atoms with Gasteiger partial charge in [0.2, 0.25) is 5.88 Å². The molecule has 4 heterocycles. The lowest BCUT2D eigenvalue weighted by Gasteiger charge is -2.23. The summed E-state index contributed by atoms with van der Waals surface area (Å²) in [7, 11) is 4.13. The van der Waals surface area contributed by atoms with Gasteiger partial charge in [-0.1, -0.05) is 6.07 Å². The molecule has 0 radical (unpaired) electrons. The van der Waals surface area contributed by atoms with E-state index in [0.29, 0.717) is 12.5 Å². The Morgan fingerprint density at radius 3 is 2.70 bits per heavy atom. The molecule has 3 aromatic heterocycles. The fraction of sp³-hybridized carbons (Fsp3) is 0.385. The SMILES string of the molecule is CN(C)CCCOc1ccc(-c2ccc3nc4cccc(OC5CCOCC5)c4n3c2)cn1. The van der Waals surface area contributed by atoms with E-state index in [9.17, 15) is 0 Å². The number of fused-ring (bicyclic) bond motifs is 3. The summed E-state index contributed by atoms with van der Waals surface area (Å²) in [6, 6.07) is 14.2. The van der Waals surface area contributed by atoms with E-state index in [4.69, 9.17) is 19.2 Å². The van der Waals surface area contributed by atoms with Crippen LogP contribution in [0.5, 0.6) is 11.6 Å². The average molecular weight is 447 g/mol. The second-order valence-electron chi connectivity index (χ2n) is 8.70. The van der Waals surface area contributed by atoms with Gasteiger partial charge in [-0.2, -0.15) is 0 Å². The molecule has 0 N–H and O–H groups in total. The summed E-state index contributed by atoms with van der Waals surface area (Å²) in [4.78, 5) is 11.4. The average Bonchev–Trinajstić information content (AvgIpc) is 3.22. The van der Waals surface area contributed by atoms with Gasteiger partial charge < -0.3 is 19.1 Å². The summed E-state index contributed by atoms with van der Waals surface area (Å²) in [5.74, 6) is 1.52. The van der Waals surface area contributed by atoms with Crippen LogP contribution < -0.4 is 9.47 Å². The summed E-state index contributed by atoms with van der Waals surface area (Å²) in [5.41, 5.74) is 4.91. The third kappa shape index (κ3) is 4.94. The molecular formula is C26H30N4O3.